The maximum atomic E-state index is 12.8. The van der Waals surface area contributed by atoms with Crippen molar-refractivity contribution in [2.45, 2.75) is 6.42 Å². The number of benzene rings is 2. The van der Waals surface area contributed by atoms with Gasteiger partial charge in [-0.1, -0.05) is 34.1 Å². The molecule has 0 spiro atoms. The largest absolute Gasteiger partial charge is 0.493 e. The second-order valence-electron chi connectivity index (χ2n) is 6.22. The molecule has 4 rings (SSSR count). The molecule has 2 aromatic carbocycles. The molecule has 0 saturated carbocycles. The lowest BCUT2D eigenvalue weighted by Crippen LogP contribution is -2.11. The maximum Gasteiger partial charge on any atom is 0.260 e. The van der Waals surface area contributed by atoms with Gasteiger partial charge in [0, 0.05) is 21.8 Å². The van der Waals surface area contributed by atoms with Gasteiger partial charge in [-0.15, -0.1) is 11.3 Å². The molecule has 0 aliphatic heterocycles. The van der Waals surface area contributed by atoms with Crippen LogP contribution in [-0.4, -0.2) is 24.2 Å². The molecule has 4 aromatic rings. The van der Waals surface area contributed by atoms with E-state index in [0.29, 0.717) is 29.1 Å². The van der Waals surface area contributed by atoms with E-state index in [0.717, 1.165) is 26.0 Å². The first kappa shape index (κ1) is 18.7. The third-order valence-electron chi connectivity index (χ3n) is 4.47. The lowest BCUT2D eigenvalue weighted by molar-refractivity contribution is 0.354. The highest BCUT2D eigenvalue weighted by atomic mass is 79.9. The number of hydrogen-bond acceptors (Lipinski definition) is 5. The molecule has 0 unspecified atom stereocenters. The van der Waals surface area contributed by atoms with Crippen LogP contribution in [0.25, 0.3) is 21.3 Å². The maximum absolute atomic E-state index is 12.8. The Morgan fingerprint density at radius 1 is 1.07 bits per heavy atom. The zero-order chi connectivity index (χ0) is 19.7. The van der Waals surface area contributed by atoms with Gasteiger partial charge in [0.15, 0.2) is 11.5 Å². The highest BCUT2D eigenvalue weighted by Crippen LogP contribution is 2.32. The van der Waals surface area contributed by atoms with Crippen molar-refractivity contribution in [1.82, 2.24) is 9.97 Å². The normalized spacial score (nSPS) is 11.0. The van der Waals surface area contributed by atoms with Crippen molar-refractivity contribution in [3.8, 4) is 22.6 Å². The monoisotopic (exact) mass is 456 g/mol. The van der Waals surface area contributed by atoms with Crippen molar-refractivity contribution < 1.29 is 9.47 Å². The molecule has 2 heterocycles. The van der Waals surface area contributed by atoms with Crippen LogP contribution in [0.3, 0.4) is 0 Å². The van der Waals surface area contributed by atoms with Crippen molar-refractivity contribution in [1.29, 1.82) is 0 Å². The summed E-state index contributed by atoms with van der Waals surface area (Å²) in [6.45, 7) is 0. The Bertz CT molecular complexity index is 1200. The number of nitrogens with one attached hydrogen (secondary N) is 1. The van der Waals surface area contributed by atoms with Gasteiger partial charge in [0.2, 0.25) is 0 Å². The zero-order valence-corrected chi connectivity index (χ0v) is 17.7. The molecule has 0 atom stereocenters. The van der Waals surface area contributed by atoms with Crippen LogP contribution in [0.15, 0.2) is 57.1 Å². The summed E-state index contributed by atoms with van der Waals surface area (Å²) in [7, 11) is 3.20. The summed E-state index contributed by atoms with van der Waals surface area (Å²) in [5.41, 5.74) is 2.75. The fourth-order valence-corrected chi connectivity index (χ4v) is 4.33. The molecule has 7 heteroatoms. The van der Waals surface area contributed by atoms with E-state index in [1.807, 2.05) is 47.8 Å². The first-order valence-electron chi connectivity index (χ1n) is 8.56. The summed E-state index contributed by atoms with van der Waals surface area (Å²) in [4.78, 5) is 21.1. The van der Waals surface area contributed by atoms with Crippen LogP contribution in [0.5, 0.6) is 11.5 Å². The number of aromatic amines is 1. The number of methoxy groups -OCH3 is 2. The first-order valence-corrected chi connectivity index (χ1v) is 10.2. The number of rotatable bonds is 5. The van der Waals surface area contributed by atoms with Gasteiger partial charge in [-0.2, -0.15) is 0 Å². The quantitative estimate of drug-likeness (QED) is 0.457. The number of hydrogen-bond donors (Lipinski definition) is 1. The second-order valence-corrected chi connectivity index (χ2v) is 7.99. The van der Waals surface area contributed by atoms with E-state index in [4.69, 9.17) is 9.47 Å². The van der Waals surface area contributed by atoms with Crippen molar-refractivity contribution in [3.63, 3.8) is 0 Å². The highest BCUT2D eigenvalue weighted by Gasteiger charge is 2.14. The van der Waals surface area contributed by atoms with E-state index in [2.05, 4.69) is 25.9 Å². The molecule has 5 nitrogen and oxygen atoms in total. The molecule has 2 aromatic heterocycles. The fourth-order valence-electron chi connectivity index (χ4n) is 3.10. The molecule has 0 aliphatic rings. The van der Waals surface area contributed by atoms with Crippen LogP contribution >= 0.6 is 27.3 Å². The number of aromatic nitrogens is 2. The molecule has 0 amide bonds. The van der Waals surface area contributed by atoms with Gasteiger partial charge < -0.3 is 14.5 Å². The summed E-state index contributed by atoms with van der Waals surface area (Å²) < 4.78 is 11.6. The summed E-state index contributed by atoms with van der Waals surface area (Å²) in [6, 6.07) is 13.6. The Morgan fingerprint density at radius 3 is 2.54 bits per heavy atom. The third kappa shape index (κ3) is 3.55. The van der Waals surface area contributed by atoms with E-state index in [1.54, 1.807) is 14.2 Å². The van der Waals surface area contributed by atoms with Crippen LogP contribution in [0.2, 0.25) is 0 Å². The Balaban J connectivity index is 1.71. The fraction of sp³-hybridized carbons (Fsp3) is 0.143. The van der Waals surface area contributed by atoms with Crippen molar-refractivity contribution in [2.24, 2.45) is 0 Å². The summed E-state index contributed by atoms with van der Waals surface area (Å²) in [6.07, 6.45) is 0.497. The van der Waals surface area contributed by atoms with Crippen LogP contribution in [0.1, 0.15) is 11.4 Å². The van der Waals surface area contributed by atoms with Gasteiger partial charge in [-0.05, 0) is 35.4 Å². The summed E-state index contributed by atoms with van der Waals surface area (Å²) >= 11 is 4.92. The molecule has 0 saturated heterocycles. The Hall–Kier alpha value is -2.64. The predicted octanol–water partition coefficient (Wildman–Crippen LogP) is 5.02. The average Bonchev–Trinajstić information content (AvgIpc) is 3.13. The SMILES string of the molecule is COc1ccc(Cc2nc3scc(-c4ccc(Br)cc4)c3c(=O)[nH]2)cc1OC. The van der Waals surface area contributed by atoms with E-state index >= 15 is 0 Å². The number of H-pyrrole nitrogens is 1. The van der Waals surface area contributed by atoms with E-state index in [9.17, 15) is 4.79 Å². The minimum absolute atomic E-state index is 0.125. The van der Waals surface area contributed by atoms with Crippen LogP contribution in [0.4, 0.5) is 0 Å². The third-order valence-corrected chi connectivity index (χ3v) is 5.87. The number of nitrogens with zero attached hydrogens (tertiary/aromatic N) is 1. The molecule has 1 N–H and O–H groups in total. The number of ether oxygens (including phenoxy) is 2. The minimum atomic E-state index is -0.125. The highest BCUT2D eigenvalue weighted by molar-refractivity contribution is 9.10. The lowest BCUT2D eigenvalue weighted by atomic mass is 10.1. The topological polar surface area (TPSA) is 64.2 Å². The van der Waals surface area contributed by atoms with Crippen LogP contribution < -0.4 is 15.0 Å². The summed E-state index contributed by atoms with van der Waals surface area (Å²) in [5, 5.41) is 2.61. The van der Waals surface area contributed by atoms with Crippen LogP contribution in [0, 0.1) is 0 Å². The molecular formula is C21H17BrN2O3S. The lowest BCUT2D eigenvalue weighted by Gasteiger charge is -2.09. The zero-order valence-electron chi connectivity index (χ0n) is 15.3. The van der Waals surface area contributed by atoms with Gasteiger partial charge >= 0.3 is 0 Å². The van der Waals surface area contributed by atoms with E-state index < -0.39 is 0 Å². The Morgan fingerprint density at radius 2 is 1.82 bits per heavy atom. The molecule has 0 aliphatic carbocycles. The second kappa shape index (κ2) is 7.77. The van der Waals surface area contributed by atoms with Gasteiger partial charge in [-0.25, -0.2) is 4.98 Å². The smallest absolute Gasteiger partial charge is 0.260 e. The van der Waals surface area contributed by atoms with Gasteiger partial charge in [-0.3, -0.25) is 4.79 Å². The standard InChI is InChI=1S/C21H17BrN2O3S/c1-26-16-8-3-12(9-17(16)27-2)10-18-23-20(25)19-15(11-28-21(19)24-18)13-4-6-14(22)7-5-13/h3-9,11H,10H2,1-2H3,(H,23,24,25). The number of thiophene rings is 1. The Labute approximate surface area is 174 Å². The molecule has 142 valence electrons. The van der Waals surface area contributed by atoms with E-state index in [1.165, 1.54) is 11.3 Å². The molecule has 0 radical (unpaired) electrons. The van der Waals surface area contributed by atoms with Crippen molar-refractivity contribution >= 4 is 37.5 Å². The average molecular weight is 457 g/mol. The summed E-state index contributed by atoms with van der Waals surface area (Å²) in [5.74, 6) is 1.94. The molecular weight excluding hydrogens is 440 g/mol. The predicted molar refractivity (Wildman–Crippen MR) is 116 cm³/mol. The van der Waals surface area contributed by atoms with Gasteiger partial charge in [0.1, 0.15) is 10.7 Å². The minimum Gasteiger partial charge on any atom is -0.493 e. The number of fused-ring (bicyclic) bond motifs is 1. The van der Waals surface area contributed by atoms with Crippen molar-refractivity contribution in [3.05, 3.63) is 74.1 Å². The Kier molecular flexibility index (Phi) is 5.19. The van der Waals surface area contributed by atoms with Crippen LogP contribution in [-0.2, 0) is 6.42 Å². The van der Waals surface area contributed by atoms with Gasteiger partial charge in [0.25, 0.3) is 5.56 Å². The van der Waals surface area contributed by atoms with Gasteiger partial charge in [0.05, 0.1) is 19.6 Å². The molecule has 0 fully saturated rings. The van der Waals surface area contributed by atoms with Crippen molar-refractivity contribution in [2.75, 3.05) is 14.2 Å². The first-order chi connectivity index (χ1) is 13.6. The van der Waals surface area contributed by atoms with E-state index in [-0.39, 0.29) is 5.56 Å². The molecule has 0 bridgehead atoms. The molecule has 28 heavy (non-hydrogen) atoms. The number of halogens is 1.